The summed E-state index contributed by atoms with van der Waals surface area (Å²) in [6.07, 6.45) is 1.27. The fraction of sp³-hybridized carbons (Fsp3) is 0.120. The van der Waals surface area contributed by atoms with E-state index in [1.807, 2.05) is 30.5 Å². The zero-order chi connectivity index (χ0) is 22.5. The molecule has 0 spiro atoms. The summed E-state index contributed by atoms with van der Waals surface area (Å²) in [5.41, 5.74) is 2.45. The van der Waals surface area contributed by atoms with Gasteiger partial charge < -0.3 is 20.4 Å². The largest absolute Gasteiger partial charge is 0.413 e. The van der Waals surface area contributed by atoms with E-state index in [1.54, 1.807) is 43.3 Å². The van der Waals surface area contributed by atoms with Gasteiger partial charge in [0, 0.05) is 34.8 Å². The zero-order valence-electron chi connectivity index (χ0n) is 17.4. The fourth-order valence-electron chi connectivity index (χ4n) is 3.46. The lowest BCUT2D eigenvalue weighted by Gasteiger charge is -2.19. The van der Waals surface area contributed by atoms with E-state index in [-0.39, 0.29) is 6.42 Å². The van der Waals surface area contributed by atoms with Gasteiger partial charge in [0.25, 0.3) is 0 Å². The van der Waals surface area contributed by atoms with Gasteiger partial charge in [-0.15, -0.1) is 0 Å². The summed E-state index contributed by atoms with van der Waals surface area (Å²) in [7, 11) is 0. The van der Waals surface area contributed by atoms with E-state index in [9.17, 15) is 14.0 Å². The minimum absolute atomic E-state index is 0.216. The molecular weight excluding hydrogens is 409 g/mol. The Bertz CT molecular complexity index is 1250. The number of anilines is 1. The van der Waals surface area contributed by atoms with Crippen molar-refractivity contribution in [3.05, 3.63) is 95.9 Å². The van der Waals surface area contributed by atoms with E-state index in [1.165, 1.54) is 12.1 Å². The molecule has 0 saturated heterocycles. The summed E-state index contributed by atoms with van der Waals surface area (Å²) >= 11 is 0. The summed E-state index contributed by atoms with van der Waals surface area (Å²) < 4.78 is 19.2. The highest BCUT2D eigenvalue weighted by atomic mass is 19.1. The van der Waals surface area contributed by atoms with Crippen LogP contribution in [0.25, 0.3) is 10.9 Å². The molecule has 1 aromatic heterocycles. The Hall–Kier alpha value is -4.13. The number of halogens is 1. The van der Waals surface area contributed by atoms with Crippen molar-refractivity contribution in [3.63, 3.8) is 0 Å². The molecule has 6 nitrogen and oxygen atoms in total. The SMILES string of the molecule is Cc1c(F)cccc1NC(=O)[C@H](Cc1c[nH]c2ccccc12)NC(=O)Oc1ccccc1. The molecule has 7 heteroatoms. The first-order valence-electron chi connectivity index (χ1n) is 10.2. The van der Waals surface area contributed by atoms with Crippen LogP contribution in [0.2, 0.25) is 0 Å². The Morgan fingerprint density at radius 1 is 1.00 bits per heavy atom. The van der Waals surface area contributed by atoms with Crippen molar-refractivity contribution >= 4 is 28.6 Å². The van der Waals surface area contributed by atoms with Crippen LogP contribution in [0.1, 0.15) is 11.1 Å². The Morgan fingerprint density at radius 3 is 2.56 bits per heavy atom. The molecule has 0 radical (unpaired) electrons. The van der Waals surface area contributed by atoms with E-state index in [4.69, 9.17) is 4.74 Å². The maximum atomic E-state index is 13.9. The number of nitrogens with one attached hydrogen (secondary N) is 3. The molecule has 3 N–H and O–H groups in total. The lowest BCUT2D eigenvalue weighted by molar-refractivity contribution is -0.118. The summed E-state index contributed by atoms with van der Waals surface area (Å²) in [6, 6.07) is 19.8. The molecule has 3 aromatic carbocycles. The van der Waals surface area contributed by atoms with Crippen molar-refractivity contribution in [3.8, 4) is 5.75 Å². The molecule has 4 rings (SSSR count). The molecule has 2 amide bonds. The molecule has 32 heavy (non-hydrogen) atoms. The van der Waals surface area contributed by atoms with Crippen LogP contribution in [0.15, 0.2) is 79.0 Å². The molecule has 0 bridgehead atoms. The topological polar surface area (TPSA) is 83.2 Å². The molecule has 0 aliphatic heterocycles. The van der Waals surface area contributed by atoms with Crippen LogP contribution in [0.4, 0.5) is 14.9 Å². The Kier molecular flexibility index (Phi) is 6.17. The molecule has 0 fully saturated rings. The minimum atomic E-state index is -0.951. The molecule has 162 valence electrons. The van der Waals surface area contributed by atoms with Crippen molar-refractivity contribution in [2.75, 3.05) is 5.32 Å². The van der Waals surface area contributed by atoms with Gasteiger partial charge in [0.2, 0.25) is 5.91 Å². The molecular formula is C25H22FN3O3. The van der Waals surface area contributed by atoms with Crippen LogP contribution in [0, 0.1) is 12.7 Å². The predicted octanol–water partition coefficient (Wildman–Crippen LogP) is 4.95. The first kappa shape index (κ1) is 21.1. The third kappa shape index (κ3) is 4.78. The van der Waals surface area contributed by atoms with E-state index >= 15 is 0 Å². The van der Waals surface area contributed by atoms with Gasteiger partial charge >= 0.3 is 6.09 Å². The smallest absolute Gasteiger partial charge is 0.410 e. The van der Waals surface area contributed by atoms with Gasteiger partial charge in [0.15, 0.2) is 0 Å². The normalized spacial score (nSPS) is 11.7. The number of ether oxygens (including phenoxy) is 1. The van der Waals surface area contributed by atoms with E-state index in [0.29, 0.717) is 17.0 Å². The number of benzene rings is 3. The number of aromatic amines is 1. The van der Waals surface area contributed by atoms with Gasteiger partial charge in [-0.1, -0.05) is 42.5 Å². The van der Waals surface area contributed by atoms with E-state index in [2.05, 4.69) is 15.6 Å². The fourth-order valence-corrected chi connectivity index (χ4v) is 3.46. The van der Waals surface area contributed by atoms with Gasteiger partial charge in [-0.2, -0.15) is 0 Å². The number of H-pyrrole nitrogens is 1. The van der Waals surface area contributed by atoms with Crippen LogP contribution in [-0.2, 0) is 11.2 Å². The second-order valence-electron chi connectivity index (χ2n) is 7.36. The summed E-state index contributed by atoms with van der Waals surface area (Å²) in [6.45, 7) is 1.58. The number of hydrogen-bond acceptors (Lipinski definition) is 3. The molecule has 1 atom stereocenters. The zero-order valence-corrected chi connectivity index (χ0v) is 17.4. The highest BCUT2D eigenvalue weighted by molar-refractivity contribution is 5.98. The summed E-state index contributed by atoms with van der Waals surface area (Å²) in [5.74, 6) is -0.543. The predicted molar refractivity (Wildman–Crippen MR) is 121 cm³/mol. The van der Waals surface area contributed by atoms with E-state index in [0.717, 1.165) is 16.5 Å². The highest BCUT2D eigenvalue weighted by Gasteiger charge is 2.24. The molecule has 1 heterocycles. The van der Waals surface area contributed by atoms with Crippen LogP contribution in [-0.4, -0.2) is 23.0 Å². The lowest BCUT2D eigenvalue weighted by atomic mass is 10.0. The van der Waals surface area contributed by atoms with Gasteiger partial charge in [-0.3, -0.25) is 4.79 Å². The Labute approximate surface area is 184 Å². The van der Waals surface area contributed by atoms with Gasteiger partial charge in [-0.25, -0.2) is 9.18 Å². The maximum absolute atomic E-state index is 13.9. The van der Waals surface area contributed by atoms with Crippen molar-refractivity contribution in [1.29, 1.82) is 0 Å². The monoisotopic (exact) mass is 431 g/mol. The number of rotatable bonds is 6. The number of carbonyl (C=O) groups is 2. The molecule has 0 aliphatic rings. The third-order valence-corrected chi connectivity index (χ3v) is 5.19. The second kappa shape index (κ2) is 9.34. The maximum Gasteiger partial charge on any atom is 0.413 e. The van der Waals surface area contributed by atoms with Crippen molar-refractivity contribution in [2.45, 2.75) is 19.4 Å². The van der Waals surface area contributed by atoms with E-state index < -0.39 is 23.9 Å². The molecule has 0 unspecified atom stereocenters. The lowest BCUT2D eigenvalue weighted by Crippen LogP contribution is -2.46. The van der Waals surface area contributed by atoms with Crippen molar-refractivity contribution in [2.24, 2.45) is 0 Å². The second-order valence-corrected chi connectivity index (χ2v) is 7.36. The number of para-hydroxylation sites is 2. The van der Waals surface area contributed by atoms with Crippen molar-refractivity contribution in [1.82, 2.24) is 10.3 Å². The number of amides is 2. The number of carbonyl (C=O) groups excluding carboxylic acids is 2. The number of fused-ring (bicyclic) bond motifs is 1. The molecule has 0 aliphatic carbocycles. The Balaban J connectivity index is 1.57. The van der Waals surface area contributed by atoms with Crippen LogP contribution in [0.5, 0.6) is 5.75 Å². The first-order chi connectivity index (χ1) is 15.5. The number of hydrogen-bond donors (Lipinski definition) is 3. The quantitative estimate of drug-likeness (QED) is 0.404. The van der Waals surface area contributed by atoms with Crippen molar-refractivity contribution < 1.29 is 18.7 Å². The summed E-state index contributed by atoms with van der Waals surface area (Å²) in [5, 5.41) is 6.31. The minimum Gasteiger partial charge on any atom is -0.410 e. The number of aromatic nitrogens is 1. The van der Waals surface area contributed by atoms with Gasteiger partial charge in [0.05, 0.1) is 0 Å². The third-order valence-electron chi connectivity index (χ3n) is 5.19. The van der Waals surface area contributed by atoms with Crippen LogP contribution >= 0.6 is 0 Å². The molecule has 4 aromatic rings. The highest BCUT2D eigenvalue weighted by Crippen LogP contribution is 2.21. The van der Waals surface area contributed by atoms with Gasteiger partial charge in [-0.05, 0) is 42.8 Å². The summed E-state index contributed by atoms with van der Waals surface area (Å²) in [4.78, 5) is 28.8. The Morgan fingerprint density at radius 2 is 1.75 bits per heavy atom. The van der Waals surface area contributed by atoms with Crippen LogP contribution in [0.3, 0.4) is 0 Å². The average molecular weight is 431 g/mol. The molecule has 0 saturated carbocycles. The first-order valence-corrected chi connectivity index (χ1v) is 10.2. The average Bonchev–Trinajstić information content (AvgIpc) is 3.20. The van der Waals surface area contributed by atoms with Crippen LogP contribution < -0.4 is 15.4 Å². The standard InChI is InChI=1S/C25H22FN3O3/c1-16-20(26)11-7-13-21(16)28-24(30)23(29-25(31)32-18-8-3-2-4-9-18)14-17-15-27-22-12-6-5-10-19(17)22/h2-13,15,23,27H,14H2,1H3,(H,28,30)(H,29,31)/t23-/m0/s1. The van der Waals surface area contributed by atoms with Gasteiger partial charge in [0.1, 0.15) is 17.6 Å².